The first-order valence-corrected chi connectivity index (χ1v) is 5.38. The average molecular weight is 201 g/mol. The minimum atomic E-state index is 0.395. The fourth-order valence-electron chi connectivity index (χ4n) is 1.97. The molecule has 0 radical (unpaired) electrons. The number of nitrogens with zero attached hydrogens (tertiary/aromatic N) is 3. The van der Waals surface area contributed by atoms with E-state index in [1.54, 1.807) is 0 Å². The molecule has 0 amide bonds. The molecule has 0 fully saturated rings. The third-order valence-electron chi connectivity index (χ3n) is 2.86. The molecule has 1 aliphatic carbocycles. The maximum absolute atomic E-state index is 8.62. The van der Waals surface area contributed by atoms with Crippen molar-refractivity contribution in [3.63, 3.8) is 0 Å². The van der Waals surface area contributed by atoms with E-state index >= 15 is 0 Å². The van der Waals surface area contributed by atoms with E-state index in [9.17, 15) is 0 Å². The Bertz CT molecular complexity index is 392. The lowest BCUT2D eigenvalue weighted by Crippen LogP contribution is -2.19. The highest BCUT2D eigenvalue weighted by atomic mass is 15.2. The maximum atomic E-state index is 8.62. The van der Waals surface area contributed by atoms with Crippen LogP contribution in [0.2, 0.25) is 0 Å². The molecule has 78 valence electrons. The van der Waals surface area contributed by atoms with Crippen LogP contribution in [0, 0.1) is 11.3 Å². The molecule has 0 aliphatic heterocycles. The van der Waals surface area contributed by atoms with Gasteiger partial charge >= 0.3 is 0 Å². The van der Waals surface area contributed by atoms with Gasteiger partial charge in [0, 0.05) is 12.7 Å². The van der Waals surface area contributed by atoms with Crippen molar-refractivity contribution in [2.24, 2.45) is 0 Å². The summed E-state index contributed by atoms with van der Waals surface area (Å²) in [4.78, 5) is 6.49. The second kappa shape index (κ2) is 4.31. The van der Waals surface area contributed by atoms with Crippen molar-refractivity contribution in [1.82, 2.24) is 4.98 Å². The summed E-state index contributed by atoms with van der Waals surface area (Å²) in [6.45, 7) is 0.395. The van der Waals surface area contributed by atoms with Gasteiger partial charge in [-0.3, -0.25) is 0 Å². The zero-order valence-corrected chi connectivity index (χ0v) is 9.03. The summed E-state index contributed by atoms with van der Waals surface area (Å²) in [6, 6.07) is 6.30. The molecule has 1 heterocycles. The van der Waals surface area contributed by atoms with Crippen LogP contribution >= 0.6 is 0 Å². The monoisotopic (exact) mass is 201 g/mol. The lowest BCUT2D eigenvalue weighted by Gasteiger charge is -2.19. The molecule has 0 atom stereocenters. The summed E-state index contributed by atoms with van der Waals surface area (Å²) in [6.07, 6.45) is 4.77. The van der Waals surface area contributed by atoms with Crippen LogP contribution in [-0.4, -0.2) is 18.6 Å². The van der Waals surface area contributed by atoms with Gasteiger partial charge in [-0.25, -0.2) is 4.98 Å². The second-order valence-electron chi connectivity index (χ2n) is 4.00. The molecule has 0 saturated carbocycles. The van der Waals surface area contributed by atoms with Gasteiger partial charge in [0.05, 0.1) is 6.07 Å². The molecule has 1 aliphatic rings. The number of hydrogen-bond donors (Lipinski definition) is 0. The van der Waals surface area contributed by atoms with Gasteiger partial charge in [0.15, 0.2) is 0 Å². The Labute approximate surface area is 90.4 Å². The van der Waals surface area contributed by atoms with E-state index in [1.807, 2.05) is 18.0 Å². The van der Waals surface area contributed by atoms with Crippen molar-refractivity contribution in [3.8, 4) is 6.07 Å². The molecular formula is C12H15N3. The molecule has 0 bridgehead atoms. The van der Waals surface area contributed by atoms with Crippen LogP contribution in [0.1, 0.15) is 24.1 Å². The molecule has 1 aromatic heterocycles. The summed E-state index contributed by atoms with van der Waals surface area (Å²) in [5.41, 5.74) is 2.61. The van der Waals surface area contributed by atoms with Gasteiger partial charge in [-0.2, -0.15) is 5.26 Å². The van der Waals surface area contributed by atoms with Gasteiger partial charge in [-0.05, 0) is 37.3 Å². The van der Waals surface area contributed by atoms with E-state index in [0.717, 1.165) is 18.7 Å². The molecule has 0 unspecified atom stereocenters. The van der Waals surface area contributed by atoms with E-state index in [4.69, 9.17) is 5.26 Å². The molecule has 1 aromatic rings. The Hall–Kier alpha value is -1.56. The third-order valence-corrected chi connectivity index (χ3v) is 2.86. The highest BCUT2D eigenvalue weighted by Crippen LogP contribution is 2.22. The van der Waals surface area contributed by atoms with Crippen molar-refractivity contribution in [2.45, 2.75) is 25.7 Å². The zero-order chi connectivity index (χ0) is 10.7. The van der Waals surface area contributed by atoms with Gasteiger partial charge in [-0.1, -0.05) is 6.07 Å². The zero-order valence-electron chi connectivity index (χ0n) is 9.03. The molecule has 15 heavy (non-hydrogen) atoms. The van der Waals surface area contributed by atoms with Crippen LogP contribution in [0.4, 0.5) is 5.82 Å². The van der Waals surface area contributed by atoms with Crippen LogP contribution in [0.5, 0.6) is 0 Å². The molecule has 3 nitrogen and oxygen atoms in total. The predicted octanol–water partition coefficient (Wildman–Crippen LogP) is 1.92. The highest BCUT2D eigenvalue weighted by molar-refractivity contribution is 5.42. The molecular weight excluding hydrogens is 186 g/mol. The molecule has 0 saturated heterocycles. The smallest absolute Gasteiger partial charge is 0.129 e. The Balaban J connectivity index is 2.24. The van der Waals surface area contributed by atoms with Crippen LogP contribution in [0.3, 0.4) is 0 Å². The van der Waals surface area contributed by atoms with E-state index in [2.05, 4.69) is 17.1 Å². The molecule has 3 heteroatoms. The normalized spacial score (nSPS) is 14.1. The number of hydrogen-bond acceptors (Lipinski definition) is 3. The molecule has 0 spiro atoms. The number of nitriles is 1. The minimum absolute atomic E-state index is 0.395. The topological polar surface area (TPSA) is 39.9 Å². The first-order chi connectivity index (χ1) is 7.31. The largest absolute Gasteiger partial charge is 0.346 e. The SMILES string of the molecule is CN(CC#N)c1ccc2c(n1)CCCC2. The number of fused-ring (bicyclic) bond motifs is 1. The van der Waals surface area contributed by atoms with E-state index in [1.165, 1.54) is 24.1 Å². The molecule has 0 aromatic carbocycles. The summed E-state index contributed by atoms with van der Waals surface area (Å²) < 4.78 is 0. The van der Waals surface area contributed by atoms with Gasteiger partial charge in [0.1, 0.15) is 12.4 Å². The Kier molecular flexibility index (Phi) is 2.86. The van der Waals surface area contributed by atoms with E-state index < -0.39 is 0 Å². The van der Waals surface area contributed by atoms with Gasteiger partial charge in [0.25, 0.3) is 0 Å². The summed E-state index contributed by atoms with van der Waals surface area (Å²) >= 11 is 0. The quantitative estimate of drug-likeness (QED) is 0.686. The number of pyridine rings is 1. The first kappa shape index (κ1) is 9.97. The number of rotatable bonds is 2. The van der Waals surface area contributed by atoms with Crippen molar-refractivity contribution >= 4 is 5.82 Å². The number of anilines is 1. The Morgan fingerprint density at radius 2 is 2.20 bits per heavy atom. The summed E-state index contributed by atoms with van der Waals surface area (Å²) in [5, 5.41) is 8.62. The average Bonchev–Trinajstić information content (AvgIpc) is 2.29. The summed E-state index contributed by atoms with van der Waals surface area (Å²) in [5.74, 6) is 0.914. The minimum Gasteiger partial charge on any atom is -0.346 e. The van der Waals surface area contributed by atoms with Crippen LogP contribution in [0.15, 0.2) is 12.1 Å². The van der Waals surface area contributed by atoms with E-state index in [-0.39, 0.29) is 0 Å². The fourth-order valence-corrected chi connectivity index (χ4v) is 1.97. The van der Waals surface area contributed by atoms with Crippen LogP contribution in [-0.2, 0) is 12.8 Å². The predicted molar refractivity (Wildman–Crippen MR) is 59.8 cm³/mol. The van der Waals surface area contributed by atoms with Crippen LogP contribution in [0.25, 0.3) is 0 Å². The van der Waals surface area contributed by atoms with Crippen LogP contribution < -0.4 is 4.90 Å². The second-order valence-corrected chi connectivity index (χ2v) is 4.00. The lowest BCUT2D eigenvalue weighted by molar-refractivity contribution is 0.667. The number of aryl methyl sites for hydroxylation is 2. The van der Waals surface area contributed by atoms with Crippen molar-refractivity contribution < 1.29 is 0 Å². The first-order valence-electron chi connectivity index (χ1n) is 5.38. The van der Waals surface area contributed by atoms with Crippen molar-refractivity contribution in [1.29, 1.82) is 5.26 Å². The van der Waals surface area contributed by atoms with Gasteiger partial charge in [0.2, 0.25) is 0 Å². The number of aromatic nitrogens is 1. The Morgan fingerprint density at radius 3 is 3.00 bits per heavy atom. The van der Waals surface area contributed by atoms with Gasteiger partial charge < -0.3 is 4.90 Å². The fraction of sp³-hybridized carbons (Fsp3) is 0.500. The molecule has 0 N–H and O–H groups in total. The third kappa shape index (κ3) is 2.10. The van der Waals surface area contributed by atoms with Crippen molar-refractivity contribution in [3.05, 3.63) is 23.4 Å². The van der Waals surface area contributed by atoms with E-state index in [0.29, 0.717) is 6.54 Å². The standard InChI is InChI=1S/C12H15N3/c1-15(9-8-13)12-7-6-10-4-2-3-5-11(10)14-12/h6-7H,2-5,9H2,1H3. The molecule has 2 rings (SSSR count). The highest BCUT2D eigenvalue weighted by Gasteiger charge is 2.12. The summed E-state index contributed by atoms with van der Waals surface area (Å²) in [7, 11) is 1.90. The Morgan fingerprint density at radius 1 is 1.40 bits per heavy atom. The lowest BCUT2D eigenvalue weighted by atomic mass is 9.96. The van der Waals surface area contributed by atoms with Crippen molar-refractivity contribution in [2.75, 3.05) is 18.5 Å². The maximum Gasteiger partial charge on any atom is 0.129 e. The van der Waals surface area contributed by atoms with Gasteiger partial charge in [-0.15, -0.1) is 0 Å².